The number of rotatable bonds is 4. The summed E-state index contributed by atoms with van der Waals surface area (Å²) < 4.78 is 61.3. The lowest BCUT2D eigenvalue weighted by Gasteiger charge is -2.15. The highest BCUT2D eigenvalue weighted by atomic mass is 32.2. The summed E-state index contributed by atoms with van der Waals surface area (Å²) in [4.78, 5) is -0.573. The molecule has 0 amide bonds. The molecule has 114 valence electrons. The molecule has 0 spiro atoms. The quantitative estimate of drug-likeness (QED) is 0.901. The van der Waals surface area contributed by atoms with E-state index in [0.717, 1.165) is 17.7 Å². The zero-order valence-corrected chi connectivity index (χ0v) is 12.1. The highest BCUT2D eigenvalue weighted by Crippen LogP contribution is 2.36. The van der Waals surface area contributed by atoms with Crippen molar-refractivity contribution in [3.05, 3.63) is 46.2 Å². The molecule has 0 saturated heterocycles. The van der Waals surface area contributed by atoms with Crippen LogP contribution in [0.5, 0.6) is 0 Å². The number of thiophene rings is 1. The summed E-state index contributed by atoms with van der Waals surface area (Å²) in [6.07, 6.45) is -4.68. The molecule has 0 aliphatic rings. The average Bonchev–Trinajstić information content (AvgIpc) is 2.87. The van der Waals surface area contributed by atoms with E-state index in [1.54, 1.807) is 11.4 Å². The monoisotopic (exact) mass is 336 g/mol. The Labute approximate surface area is 123 Å². The molecule has 4 nitrogen and oxygen atoms in total. The van der Waals surface area contributed by atoms with Gasteiger partial charge >= 0.3 is 6.18 Å². The van der Waals surface area contributed by atoms with E-state index >= 15 is 0 Å². The number of alkyl halides is 3. The van der Waals surface area contributed by atoms with Gasteiger partial charge in [-0.3, -0.25) is 0 Å². The average molecular weight is 336 g/mol. The van der Waals surface area contributed by atoms with Gasteiger partial charge in [-0.25, -0.2) is 13.6 Å². The number of hydrogen-bond donors (Lipinski definition) is 2. The van der Waals surface area contributed by atoms with Crippen molar-refractivity contribution in [2.24, 2.45) is 5.14 Å². The third kappa shape index (κ3) is 3.96. The van der Waals surface area contributed by atoms with Crippen molar-refractivity contribution in [3.8, 4) is 0 Å². The number of primary sulfonamides is 1. The van der Waals surface area contributed by atoms with E-state index in [0.29, 0.717) is 6.07 Å². The van der Waals surface area contributed by atoms with Gasteiger partial charge in [0, 0.05) is 12.2 Å². The first kappa shape index (κ1) is 15.8. The Balaban J connectivity index is 2.36. The van der Waals surface area contributed by atoms with Gasteiger partial charge in [-0.15, -0.1) is 0 Å². The molecule has 1 heterocycles. The smallest absolute Gasteiger partial charge is 0.380 e. The highest BCUT2D eigenvalue weighted by Gasteiger charge is 2.34. The second kappa shape index (κ2) is 5.66. The zero-order chi connectivity index (χ0) is 15.7. The minimum Gasteiger partial charge on any atom is -0.380 e. The summed E-state index contributed by atoms with van der Waals surface area (Å²) in [5, 5.41) is 11.1. The molecule has 0 aliphatic carbocycles. The van der Waals surface area contributed by atoms with Gasteiger partial charge in [0.25, 0.3) is 0 Å². The van der Waals surface area contributed by atoms with Crippen molar-refractivity contribution in [1.29, 1.82) is 0 Å². The van der Waals surface area contributed by atoms with Gasteiger partial charge < -0.3 is 5.32 Å². The molecule has 0 fully saturated rings. The van der Waals surface area contributed by atoms with Crippen molar-refractivity contribution in [2.45, 2.75) is 17.6 Å². The maximum absolute atomic E-state index is 13.0. The highest BCUT2D eigenvalue weighted by molar-refractivity contribution is 7.89. The predicted molar refractivity (Wildman–Crippen MR) is 74.5 cm³/mol. The zero-order valence-electron chi connectivity index (χ0n) is 10.5. The standard InChI is InChI=1S/C12H11F3N2O2S2/c13-12(14,15)10-5-9(21(16,18)19)1-2-11(10)17-6-8-3-4-20-7-8/h1-5,7,17H,6H2,(H2,16,18,19). The van der Waals surface area contributed by atoms with Gasteiger partial charge in [-0.2, -0.15) is 24.5 Å². The van der Waals surface area contributed by atoms with Crippen LogP contribution in [0.1, 0.15) is 11.1 Å². The Bertz CT molecular complexity index is 725. The number of benzene rings is 1. The van der Waals surface area contributed by atoms with Crippen LogP contribution in [0.2, 0.25) is 0 Å². The number of nitrogens with one attached hydrogen (secondary N) is 1. The van der Waals surface area contributed by atoms with Gasteiger partial charge in [-0.1, -0.05) is 0 Å². The second-order valence-corrected chi connectivity index (χ2v) is 6.58. The van der Waals surface area contributed by atoms with E-state index in [9.17, 15) is 21.6 Å². The minimum absolute atomic E-state index is 0.193. The molecule has 9 heteroatoms. The van der Waals surface area contributed by atoms with Crippen LogP contribution in [0.15, 0.2) is 39.9 Å². The van der Waals surface area contributed by atoms with Crippen molar-refractivity contribution in [3.63, 3.8) is 0 Å². The summed E-state index contributed by atoms with van der Waals surface area (Å²) in [5.41, 5.74) is -0.422. The predicted octanol–water partition coefficient (Wildman–Crippen LogP) is 3.03. The van der Waals surface area contributed by atoms with Crippen LogP contribution >= 0.6 is 11.3 Å². The van der Waals surface area contributed by atoms with E-state index < -0.39 is 26.7 Å². The molecule has 1 aromatic heterocycles. The third-order valence-electron chi connectivity index (χ3n) is 2.69. The van der Waals surface area contributed by atoms with Crippen molar-refractivity contribution in [1.82, 2.24) is 0 Å². The number of sulfonamides is 1. The summed E-state index contributed by atoms with van der Waals surface area (Å²) in [6.45, 7) is 0.210. The number of anilines is 1. The fraction of sp³-hybridized carbons (Fsp3) is 0.167. The molecule has 1 aromatic carbocycles. The van der Waals surface area contributed by atoms with Gasteiger partial charge in [0.05, 0.1) is 10.5 Å². The van der Waals surface area contributed by atoms with Crippen LogP contribution in [-0.2, 0) is 22.7 Å². The molecule has 0 atom stereocenters. The molecule has 0 aliphatic heterocycles. The first-order valence-electron chi connectivity index (χ1n) is 5.67. The van der Waals surface area contributed by atoms with Crippen LogP contribution in [0.4, 0.5) is 18.9 Å². The second-order valence-electron chi connectivity index (χ2n) is 4.24. The Kier molecular flexibility index (Phi) is 4.26. The van der Waals surface area contributed by atoms with Gasteiger partial charge in [0.1, 0.15) is 0 Å². The Morgan fingerprint density at radius 3 is 2.48 bits per heavy atom. The van der Waals surface area contributed by atoms with Crippen molar-refractivity contribution < 1.29 is 21.6 Å². The van der Waals surface area contributed by atoms with E-state index in [-0.39, 0.29) is 12.2 Å². The molecule has 2 aromatic rings. The number of halogens is 3. The van der Waals surface area contributed by atoms with Crippen molar-refractivity contribution in [2.75, 3.05) is 5.32 Å². The molecular weight excluding hydrogens is 325 g/mol. The Hall–Kier alpha value is -1.58. The SMILES string of the molecule is NS(=O)(=O)c1ccc(NCc2ccsc2)c(C(F)(F)F)c1. The Morgan fingerprint density at radius 2 is 1.95 bits per heavy atom. The molecule has 2 rings (SSSR count). The lowest BCUT2D eigenvalue weighted by molar-refractivity contribution is -0.137. The molecule has 0 saturated carbocycles. The lowest BCUT2D eigenvalue weighted by Crippen LogP contribution is -2.16. The van der Waals surface area contributed by atoms with E-state index in [2.05, 4.69) is 5.32 Å². The maximum atomic E-state index is 13.0. The molecule has 21 heavy (non-hydrogen) atoms. The fourth-order valence-corrected chi connectivity index (χ4v) is 2.89. The van der Waals surface area contributed by atoms with E-state index in [1.807, 2.05) is 5.38 Å². The third-order valence-corrected chi connectivity index (χ3v) is 4.33. The van der Waals surface area contributed by atoms with Gasteiger partial charge in [0.2, 0.25) is 10.0 Å². The van der Waals surface area contributed by atoms with Gasteiger partial charge in [0.15, 0.2) is 0 Å². The first-order chi connectivity index (χ1) is 9.68. The molecule has 0 radical (unpaired) electrons. The fourth-order valence-electron chi connectivity index (χ4n) is 1.68. The topological polar surface area (TPSA) is 72.2 Å². The first-order valence-corrected chi connectivity index (χ1v) is 8.16. The van der Waals surface area contributed by atoms with Crippen LogP contribution in [-0.4, -0.2) is 8.42 Å². The molecule has 0 unspecified atom stereocenters. The molecular formula is C12H11F3N2O2S2. The van der Waals surface area contributed by atoms with E-state index in [1.165, 1.54) is 11.3 Å². The van der Waals surface area contributed by atoms with E-state index in [4.69, 9.17) is 5.14 Å². The minimum atomic E-state index is -4.68. The van der Waals surface area contributed by atoms with Crippen LogP contribution in [0.3, 0.4) is 0 Å². The largest absolute Gasteiger partial charge is 0.418 e. The van der Waals surface area contributed by atoms with Crippen LogP contribution in [0.25, 0.3) is 0 Å². The summed E-state index contributed by atoms with van der Waals surface area (Å²) in [6, 6.07) is 4.42. The summed E-state index contributed by atoms with van der Waals surface area (Å²) >= 11 is 1.43. The summed E-state index contributed by atoms with van der Waals surface area (Å²) in [5.74, 6) is 0. The van der Waals surface area contributed by atoms with Crippen molar-refractivity contribution >= 4 is 27.0 Å². The lowest BCUT2D eigenvalue weighted by atomic mass is 10.1. The van der Waals surface area contributed by atoms with Crippen LogP contribution < -0.4 is 10.5 Å². The normalized spacial score (nSPS) is 12.4. The summed E-state index contributed by atoms with van der Waals surface area (Å²) in [7, 11) is -4.19. The molecule has 3 N–H and O–H groups in total. The number of nitrogens with two attached hydrogens (primary N) is 1. The molecule has 0 bridgehead atoms. The maximum Gasteiger partial charge on any atom is 0.418 e. The van der Waals surface area contributed by atoms with Crippen LogP contribution in [0, 0.1) is 0 Å². The number of hydrogen-bond acceptors (Lipinski definition) is 4. The van der Waals surface area contributed by atoms with Gasteiger partial charge in [-0.05, 0) is 40.6 Å². The Morgan fingerprint density at radius 1 is 1.24 bits per heavy atom.